The van der Waals surface area contributed by atoms with Crippen molar-refractivity contribution in [1.29, 1.82) is 0 Å². The third kappa shape index (κ3) is 5.53. The molecule has 1 saturated heterocycles. The van der Waals surface area contributed by atoms with Gasteiger partial charge in [-0.25, -0.2) is 9.59 Å². The van der Waals surface area contributed by atoms with Gasteiger partial charge in [0, 0.05) is 37.9 Å². The lowest BCUT2D eigenvalue weighted by atomic mass is 10.1. The van der Waals surface area contributed by atoms with Crippen LogP contribution in [0.4, 0.5) is 10.5 Å². The second-order valence-corrected chi connectivity index (χ2v) is 7.82. The van der Waals surface area contributed by atoms with Crippen molar-refractivity contribution in [2.45, 2.75) is 26.8 Å². The molecule has 0 radical (unpaired) electrons. The summed E-state index contributed by atoms with van der Waals surface area (Å²) in [5.41, 5.74) is 1.75. The standard InChI is InChI=1S/C23H29N5O6/c1-5-34-23(32)27-12-10-26(11-13-27)21(30)16(3)28-14-19(15(2)25-28)24-20(29)17-6-8-18(9-7-17)22(31)33-4/h6-9,14,16H,5,10-13H2,1-4H3,(H,24,29). The fourth-order valence-electron chi connectivity index (χ4n) is 3.57. The Balaban J connectivity index is 1.61. The fraction of sp³-hybridized carbons (Fsp3) is 0.435. The van der Waals surface area contributed by atoms with Crippen molar-refractivity contribution in [1.82, 2.24) is 19.6 Å². The molecule has 0 saturated carbocycles. The lowest BCUT2D eigenvalue weighted by Crippen LogP contribution is -2.52. The molecule has 1 N–H and O–H groups in total. The third-order valence-corrected chi connectivity index (χ3v) is 5.60. The molecule has 34 heavy (non-hydrogen) atoms. The molecular formula is C23H29N5O6. The lowest BCUT2D eigenvalue weighted by molar-refractivity contribution is -0.136. The van der Waals surface area contributed by atoms with E-state index in [-0.39, 0.29) is 17.9 Å². The van der Waals surface area contributed by atoms with Crippen molar-refractivity contribution in [3.63, 3.8) is 0 Å². The second-order valence-electron chi connectivity index (χ2n) is 7.82. The van der Waals surface area contributed by atoms with E-state index in [4.69, 9.17) is 4.74 Å². The molecule has 1 atom stereocenters. The second kappa shape index (κ2) is 10.8. The van der Waals surface area contributed by atoms with Crippen molar-refractivity contribution in [2.75, 3.05) is 45.2 Å². The molecule has 2 aromatic rings. The highest BCUT2D eigenvalue weighted by Gasteiger charge is 2.29. The van der Waals surface area contributed by atoms with Crippen LogP contribution in [0.25, 0.3) is 0 Å². The molecule has 1 aliphatic rings. The van der Waals surface area contributed by atoms with Crippen LogP contribution < -0.4 is 5.32 Å². The van der Waals surface area contributed by atoms with E-state index in [1.807, 2.05) is 0 Å². The fourth-order valence-corrected chi connectivity index (χ4v) is 3.57. The summed E-state index contributed by atoms with van der Waals surface area (Å²) < 4.78 is 11.2. The average Bonchev–Trinajstić information content (AvgIpc) is 3.22. The largest absolute Gasteiger partial charge is 0.465 e. The van der Waals surface area contributed by atoms with Crippen LogP contribution in [-0.4, -0.2) is 83.4 Å². The van der Waals surface area contributed by atoms with E-state index < -0.39 is 12.0 Å². The van der Waals surface area contributed by atoms with Crippen LogP contribution in [0.3, 0.4) is 0 Å². The van der Waals surface area contributed by atoms with E-state index in [1.54, 1.807) is 36.8 Å². The molecule has 1 fully saturated rings. The molecule has 1 aromatic carbocycles. The molecule has 1 aromatic heterocycles. The van der Waals surface area contributed by atoms with Crippen LogP contribution in [0.1, 0.15) is 46.3 Å². The molecule has 11 heteroatoms. The summed E-state index contributed by atoms with van der Waals surface area (Å²) in [7, 11) is 1.29. The Morgan fingerprint density at radius 3 is 2.21 bits per heavy atom. The highest BCUT2D eigenvalue weighted by molar-refractivity contribution is 6.05. The number of carbonyl (C=O) groups excluding carboxylic acids is 4. The van der Waals surface area contributed by atoms with Crippen LogP contribution in [0.15, 0.2) is 30.5 Å². The molecule has 0 bridgehead atoms. The summed E-state index contributed by atoms with van der Waals surface area (Å²) in [6, 6.07) is 5.50. The number of nitrogens with zero attached hydrogens (tertiary/aromatic N) is 4. The van der Waals surface area contributed by atoms with Gasteiger partial charge >= 0.3 is 12.1 Å². The molecule has 182 valence electrons. The average molecular weight is 472 g/mol. The number of rotatable bonds is 6. The number of ether oxygens (including phenoxy) is 2. The smallest absolute Gasteiger partial charge is 0.409 e. The zero-order valence-corrected chi connectivity index (χ0v) is 19.7. The van der Waals surface area contributed by atoms with E-state index >= 15 is 0 Å². The minimum absolute atomic E-state index is 0.123. The van der Waals surface area contributed by atoms with Gasteiger partial charge < -0.3 is 24.6 Å². The summed E-state index contributed by atoms with van der Waals surface area (Å²) in [5.74, 6) is -0.972. The molecule has 1 unspecified atom stereocenters. The van der Waals surface area contributed by atoms with Gasteiger partial charge in [0.1, 0.15) is 6.04 Å². The molecule has 3 amide bonds. The van der Waals surface area contributed by atoms with Gasteiger partial charge in [-0.3, -0.25) is 14.3 Å². The van der Waals surface area contributed by atoms with Crippen LogP contribution in [0.5, 0.6) is 0 Å². The van der Waals surface area contributed by atoms with Crippen molar-refractivity contribution in [3.8, 4) is 0 Å². The first-order valence-corrected chi connectivity index (χ1v) is 11.0. The summed E-state index contributed by atoms with van der Waals surface area (Å²) in [5, 5.41) is 7.19. The first kappa shape index (κ1) is 24.7. The molecule has 3 rings (SSSR count). The highest BCUT2D eigenvalue weighted by Crippen LogP contribution is 2.20. The first-order chi connectivity index (χ1) is 16.2. The number of piperazine rings is 1. The number of aromatic nitrogens is 2. The van der Waals surface area contributed by atoms with Crippen molar-refractivity contribution >= 4 is 29.6 Å². The zero-order valence-electron chi connectivity index (χ0n) is 19.7. The summed E-state index contributed by atoms with van der Waals surface area (Å²) in [4.78, 5) is 52.3. The van der Waals surface area contributed by atoms with E-state index in [0.717, 1.165) is 0 Å². The van der Waals surface area contributed by atoms with Gasteiger partial charge in [-0.15, -0.1) is 0 Å². The number of esters is 1. The Morgan fingerprint density at radius 2 is 1.62 bits per heavy atom. The van der Waals surface area contributed by atoms with Crippen molar-refractivity contribution < 1.29 is 28.7 Å². The quantitative estimate of drug-likeness (QED) is 0.640. The van der Waals surface area contributed by atoms with Crippen LogP contribution in [0.2, 0.25) is 0 Å². The number of benzene rings is 1. The third-order valence-electron chi connectivity index (χ3n) is 5.60. The number of hydrogen-bond donors (Lipinski definition) is 1. The number of methoxy groups -OCH3 is 1. The van der Waals surface area contributed by atoms with Gasteiger partial charge in [-0.2, -0.15) is 5.10 Å². The molecule has 0 spiro atoms. The van der Waals surface area contributed by atoms with Gasteiger partial charge in [0.2, 0.25) is 5.91 Å². The number of aryl methyl sites for hydroxylation is 1. The Kier molecular flexibility index (Phi) is 7.87. The maximum atomic E-state index is 13.0. The van der Waals surface area contributed by atoms with Crippen LogP contribution in [-0.2, 0) is 14.3 Å². The minimum atomic E-state index is -0.585. The highest BCUT2D eigenvalue weighted by atomic mass is 16.6. The molecule has 1 aliphatic heterocycles. The number of anilines is 1. The SMILES string of the molecule is CCOC(=O)N1CCN(C(=O)C(C)n2cc(NC(=O)c3ccc(C(=O)OC)cc3)c(C)n2)CC1. The Hall–Kier alpha value is -3.89. The lowest BCUT2D eigenvalue weighted by Gasteiger charge is -2.35. The summed E-state index contributed by atoms with van der Waals surface area (Å²) in [6.07, 6.45) is 1.25. The Labute approximate surface area is 197 Å². The van der Waals surface area contributed by atoms with Gasteiger partial charge in [0.25, 0.3) is 5.91 Å². The first-order valence-electron chi connectivity index (χ1n) is 11.0. The van der Waals surface area contributed by atoms with Crippen molar-refractivity contribution in [3.05, 3.63) is 47.3 Å². The topological polar surface area (TPSA) is 123 Å². The maximum Gasteiger partial charge on any atom is 0.409 e. The van der Waals surface area contributed by atoms with Gasteiger partial charge in [-0.1, -0.05) is 0 Å². The predicted octanol–water partition coefficient (Wildman–Crippen LogP) is 2.09. The summed E-state index contributed by atoms with van der Waals surface area (Å²) in [6.45, 7) is 7.18. The number of hydrogen-bond acceptors (Lipinski definition) is 7. The number of nitrogens with one attached hydrogen (secondary N) is 1. The van der Waals surface area contributed by atoms with Gasteiger partial charge in [-0.05, 0) is 45.0 Å². The Bertz CT molecular complexity index is 1060. The normalized spacial score (nSPS) is 14.4. The molecule has 11 nitrogen and oxygen atoms in total. The minimum Gasteiger partial charge on any atom is -0.465 e. The van der Waals surface area contributed by atoms with Gasteiger partial charge in [0.05, 0.1) is 30.7 Å². The zero-order chi connectivity index (χ0) is 24.8. The Morgan fingerprint density at radius 1 is 1.03 bits per heavy atom. The molecule has 0 aliphatic carbocycles. The maximum absolute atomic E-state index is 13.0. The van der Waals surface area contributed by atoms with Crippen LogP contribution >= 0.6 is 0 Å². The van der Waals surface area contributed by atoms with Gasteiger partial charge in [0.15, 0.2) is 0 Å². The predicted molar refractivity (Wildman–Crippen MR) is 123 cm³/mol. The summed E-state index contributed by atoms with van der Waals surface area (Å²) >= 11 is 0. The van der Waals surface area contributed by atoms with E-state index in [1.165, 1.54) is 36.1 Å². The number of amides is 3. The van der Waals surface area contributed by atoms with E-state index in [9.17, 15) is 19.2 Å². The molecular weight excluding hydrogens is 442 g/mol. The number of carbonyl (C=O) groups is 4. The van der Waals surface area contributed by atoms with E-state index in [2.05, 4.69) is 15.2 Å². The van der Waals surface area contributed by atoms with Crippen molar-refractivity contribution in [2.24, 2.45) is 0 Å². The van der Waals surface area contributed by atoms with E-state index in [0.29, 0.717) is 55.3 Å². The van der Waals surface area contributed by atoms with Crippen LogP contribution in [0, 0.1) is 6.92 Å². The monoisotopic (exact) mass is 471 g/mol. The molecule has 2 heterocycles.